The van der Waals surface area contributed by atoms with Crippen molar-refractivity contribution in [2.75, 3.05) is 19.8 Å². The zero-order valence-electron chi connectivity index (χ0n) is 17.0. The molecule has 6 nitrogen and oxygen atoms in total. The number of aliphatic hydroxyl groups is 2. The summed E-state index contributed by atoms with van der Waals surface area (Å²) in [7, 11) is -4.27. The Morgan fingerprint density at radius 2 is 1.84 bits per heavy atom. The lowest BCUT2D eigenvalue weighted by Gasteiger charge is -2.50. The van der Waals surface area contributed by atoms with Crippen LogP contribution < -0.4 is 4.74 Å². The van der Waals surface area contributed by atoms with Crippen LogP contribution in [0.15, 0.2) is 41.3 Å². The molecule has 0 aliphatic carbocycles. The van der Waals surface area contributed by atoms with E-state index in [1.807, 2.05) is 0 Å². The summed E-state index contributed by atoms with van der Waals surface area (Å²) in [4.78, 5) is -0.0699. The number of ether oxygens (including phenoxy) is 2. The van der Waals surface area contributed by atoms with E-state index in [-0.39, 0.29) is 42.9 Å². The normalized spacial score (nSPS) is 26.0. The minimum absolute atomic E-state index is 0.0153. The van der Waals surface area contributed by atoms with E-state index >= 15 is 4.39 Å². The number of hydrogen-bond donors (Lipinski definition) is 2. The van der Waals surface area contributed by atoms with E-state index < -0.39 is 56.7 Å². The van der Waals surface area contributed by atoms with Crippen LogP contribution in [0.4, 0.5) is 8.78 Å². The first-order valence-corrected chi connectivity index (χ1v) is 12.1. The fourth-order valence-corrected chi connectivity index (χ4v) is 7.25. The predicted octanol–water partition coefficient (Wildman–Crippen LogP) is 3.22. The lowest BCUT2D eigenvalue weighted by molar-refractivity contribution is -0.0811. The molecule has 1 fully saturated rings. The zero-order valence-corrected chi connectivity index (χ0v) is 18.6. The van der Waals surface area contributed by atoms with Gasteiger partial charge < -0.3 is 19.7 Å². The molecule has 0 amide bonds. The van der Waals surface area contributed by atoms with Gasteiger partial charge in [-0.25, -0.2) is 17.2 Å². The molecule has 2 heterocycles. The summed E-state index contributed by atoms with van der Waals surface area (Å²) in [5.41, 5.74) is -0.334. The lowest BCUT2D eigenvalue weighted by Crippen LogP contribution is -2.57. The first-order valence-electron chi connectivity index (χ1n) is 10.2. The van der Waals surface area contributed by atoms with Crippen molar-refractivity contribution >= 4 is 21.4 Å². The largest absolute Gasteiger partial charge is 0.490 e. The molecule has 174 valence electrons. The van der Waals surface area contributed by atoms with Crippen molar-refractivity contribution in [2.45, 2.75) is 41.1 Å². The molecule has 2 N–H and O–H groups in total. The quantitative estimate of drug-likeness (QED) is 0.648. The highest BCUT2D eigenvalue weighted by molar-refractivity contribution is 7.92. The van der Waals surface area contributed by atoms with E-state index in [2.05, 4.69) is 0 Å². The maximum Gasteiger partial charge on any atom is 0.189 e. The van der Waals surface area contributed by atoms with Gasteiger partial charge in [-0.15, -0.1) is 0 Å². The Balaban J connectivity index is 1.91. The third kappa shape index (κ3) is 3.70. The molecule has 32 heavy (non-hydrogen) atoms. The molecule has 0 aromatic heterocycles. The Morgan fingerprint density at radius 1 is 1.16 bits per heavy atom. The van der Waals surface area contributed by atoms with Crippen LogP contribution in [-0.4, -0.2) is 50.7 Å². The highest BCUT2D eigenvalue weighted by Gasteiger charge is 2.61. The van der Waals surface area contributed by atoms with Gasteiger partial charge in [0.05, 0.1) is 35.9 Å². The summed E-state index contributed by atoms with van der Waals surface area (Å²) in [5.74, 6) is -2.99. The third-order valence-corrected chi connectivity index (χ3v) is 9.16. The molecule has 4 atom stereocenters. The van der Waals surface area contributed by atoms with Gasteiger partial charge in [-0.2, -0.15) is 0 Å². The number of fused-ring (bicyclic) bond motifs is 3. The molecule has 0 spiro atoms. The van der Waals surface area contributed by atoms with Gasteiger partial charge in [-0.05, 0) is 55.7 Å². The maximum atomic E-state index is 15.2. The summed E-state index contributed by atoms with van der Waals surface area (Å²) in [5, 5.41) is 19.2. The highest BCUT2D eigenvalue weighted by atomic mass is 35.5. The first-order chi connectivity index (χ1) is 15.2. The Morgan fingerprint density at radius 3 is 2.53 bits per heavy atom. The molecule has 10 heteroatoms. The number of halogens is 3. The van der Waals surface area contributed by atoms with E-state index in [1.165, 1.54) is 24.3 Å². The smallest absolute Gasteiger partial charge is 0.189 e. The summed E-state index contributed by atoms with van der Waals surface area (Å²) >= 11 is 5.93. The van der Waals surface area contributed by atoms with Gasteiger partial charge in [-0.1, -0.05) is 11.6 Å². The van der Waals surface area contributed by atoms with Gasteiger partial charge in [0.15, 0.2) is 21.4 Å². The Labute approximate surface area is 189 Å². The summed E-state index contributed by atoms with van der Waals surface area (Å²) in [6, 6.07) is 7.35. The van der Waals surface area contributed by atoms with Crippen LogP contribution in [0.2, 0.25) is 5.02 Å². The van der Waals surface area contributed by atoms with Gasteiger partial charge in [-0.3, -0.25) is 0 Å². The topological polar surface area (TPSA) is 93.1 Å². The van der Waals surface area contributed by atoms with Crippen LogP contribution in [0.25, 0.3) is 0 Å². The maximum absolute atomic E-state index is 15.2. The minimum atomic E-state index is -4.27. The van der Waals surface area contributed by atoms with Crippen LogP contribution in [0.5, 0.6) is 5.75 Å². The molecule has 2 aromatic rings. The number of hydrogen-bond acceptors (Lipinski definition) is 6. The monoisotopic (exact) mass is 488 g/mol. The first kappa shape index (κ1) is 23.4. The SMILES string of the molecule is O=S(=O)(c1ccc(Cl)cc1)[C@@]12CCO[C@@H](CCC(O)CO)C1COc1c(F)ccc(F)c12. The average Bonchev–Trinajstić information content (AvgIpc) is 2.79. The second-order valence-corrected chi connectivity index (χ2v) is 10.7. The number of rotatable bonds is 6. The van der Waals surface area contributed by atoms with Crippen molar-refractivity contribution in [2.24, 2.45) is 5.92 Å². The average molecular weight is 489 g/mol. The van der Waals surface area contributed by atoms with E-state index in [4.69, 9.17) is 26.2 Å². The molecule has 4 rings (SSSR count). The fourth-order valence-electron chi connectivity index (χ4n) is 4.78. The molecular formula is C22H23ClF2O6S. The molecule has 0 saturated carbocycles. The summed E-state index contributed by atoms with van der Waals surface area (Å²) < 4.78 is 67.6. The molecular weight excluding hydrogens is 466 g/mol. The number of benzene rings is 2. The minimum Gasteiger partial charge on any atom is -0.490 e. The van der Waals surface area contributed by atoms with Crippen LogP contribution in [0.3, 0.4) is 0 Å². The Hall–Kier alpha value is -1.78. The van der Waals surface area contributed by atoms with Crippen molar-refractivity contribution in [1.82, 2.24) is 0 Å². The molecule has 1 saturated heterocycles. The Kier molecular flexibility index (Phi) is 6.48. The second-order valence-electron chi connectivity index (χ2n) is 8.07. The standard InChI is InChI=1S/C22H23ClF2O6S/c23-13-1-4-15(5-2-13)32(28,29)22-9-10-30-19(8-3-14(27)11-26)16(22)12-31-21-18(25)7-6-17(24)20(21)22/h1-2,4-7,14,16,19,26-27H,3,8-12H2/t14?,16?,19-,22-/m0/s1. The van der Waals surface area contributed by atoms with Crippen molar-refractivity contribution in [3.05, 3.63) is 58.6 Å². The van der Waals surface area contributed by atoms with Crippen LogP contribution >= 0.6 is 11.6 Å². The second kappa shape index (κ2) is 8.87. The van der Waals surface area contributed by atoms with Gasteiger partial charge in [0.1, 0.15) is 10.6 Å². The van der Waals surface area contributed by atoms with Gasteiger partial charge in [0.25, 0.3) is 0 Å². The molecule has 2 unspecified atom stereocenters. The van der Waals surface area contributed by atoms with E-state index in [1.54, 1.807) is 0 Å². The van der Waals surface area contributed by atoms with Gasteiger partial charge in [0, 0.05) is 17.5 Å². The molecule has 0 radical (unpaired) electrons. The fraction of sp³-hybridized carbons (Fsp3) is 0.455. The van der Waals surface area contributed by atoms with E-state index in [0.717, 1.165) is 12.1 Å². The van der Waals surface area contributed by atoms with Crippen LogP contribution in [-0.2, 0) is 19.3 Å². The third-order valence-electron chi connectivity index (χ3n) is 6.34. The van der Waals surface area contributed by atoms with Crippen molar-refractivity contribution in [1.29, 1.82) is 0 Å². The summed E-state index contributed by atoms with van der Waals surface area (Å²) in [6.07, 6.45) is -1.47. The molecule has 2 aliphatic rings. The molecule has 2 aliphatic heterocycles. The molecule has 0 bridgehead atoms. The number of aliphatic hydroxyl groups excluding tert-OH is 2. The van der Waals surface area contributed by atoms with E-state index in [9.17, 15) is 17.9 Å². The summed E-state index contributed by atoms with van der Waals surface area (Å²) in [6.45, 7) is -0.677. The van der Waals surface area contributed by atoms with Crippen LogP contribution in [0.1, 0.15) is 24.8 Å². The predicted molar refractivity (Wildman–Crippen MR) is 112 cm³/mol. The van der Waals surface area contributed by atoms with Crippen molar-refractivity contribution < 1.29 is 36.9 Å². The van der Waals surface area contributed by atoms with Gasteiger partial charge in [0.2, 0.25) is 0 Å². The van der Waals surface area contributed by atoms with Crippen molar-refractivity contribution in [3.8, 4) is 5.75 Å². The lowest BCUT2D eigenvalue weighted by atomic mass is 9.74. The van der Waals surface area contributed by atoms with Crippen LogP contribution in [0, 0.1) is 17.6 Å². The Bertz CT molecular complexity index is 1090. The van der Waals surface area contributed by atoms with E-state index in [0.29, 0.717) is 5.02 Å². The zero-order chi connectivity index (χ0) is 23.1. The highest BCUT2D eigenvalue weighted by Crippen LogP contribution is 2.56. The number of sulfone groups is 1. The van der Waals surface area contributed by atoms with Gasteiger partial charge >= 0.3 is 0 Å². The molecule has 2 aromatic carbocycles. The van der Waals surface area contributed by atoms with Crippen molar-refractivity contribution in [3.63, 3.8) is 0 Å².